The van der Waals surface area contributed by atoms with Crippen molar-refractivity contribution >= 4 is 11.9 Å². The molecular formula is C25H33N3O2. The molecule has 4 rings (SSSR count). The van der Waals surface area contributed by atoms with Gasteiger partial charge in [0.2, 0.25) is 0 Å². The molecule has 5 nitrogen and oxygen atoms in total. The molecular weight excluding hydrogens is 374 g/mol. The summed E-state index contributed by atoms with van der Waals surface area (Å²) >= 11 is 0. The molecule has 5 heteroatoms. The Morgan fingerprint density at radius 2 is 1.87 bits per heavy atom. The number of aromatic nitrogens is 1. The summed E-state index contributed by atoms with van der Waals surface area (Å²) in [4.78, 5) is 22.2. The number of carbonyl (C=O) groups is 1. The summed E-state index contributed by atoms with van der Waals surface area (Å²) in [6.07, 6.45) is 7.01. The molecule has 1 saturated heterocycles. The molecule has 2 heterocycles. The number of ether oxygens (including phenoxy) is 1. The van der Waals surface area contributed by atoms with Gasteiger partial charge in [-0.25, -0.2) is 9.78 Å². The smallest absolute Gasteiger partial charge is 0.416 e. The predicted octanol–water partition coefficient (Wildman–Crippen LogP) is 5.71. The van der Waals surface area contributed by atoms with Crippen molar-refractivity contribution in [1.82, 2.24) is 9.88 Å². The van der Waals surface area contributed by atoms with Gasteiger partial charge in [-0.2, -0.15) is 0 Å². The van der Waals surface area contributed by atoms with Gasteiger partial charge in [-0.15, -0.1) is 0 Å². The standard InChI is InChI=1S/C25H33N3O2/c1-25(2,3)30-24(29)28(20-14-15-20)23-21(12-9-16-26-23)22-13-7-8-17-27(22)18-19-10-5-4-6-11-19/h4-6,9-12,16,20,22H,7-8,13-15,17-18H2,1-3H3. The van der Waals surface area contributed by atoms with Crippen LogP contribution in [0, 0.1) is 0 Å². The van der Waals surface area contributed by atoms with E-state index >= 15 is 0 Å². The predicted molar refractivity (Wildman–Crippen MR) is 119 cm³/mol. The van der Waals surface area contributed by atoms with Crippen LogP contribution in [0.5, 0.6) is 0 Å². The Bertz CT molecular complexity index is 858. The number of likely N-dealkylation sites (tertiary alicyclic amines) is 1. The number of amides is 1. The highest BCUT2D eigenvalue weighted by Gasteiger charge is 2.39. The largest absolute Gasteiger partial charge is 0.443 e. The molecule has 1 unspecified atom stereocenters. The van der Waals surface area contributed by atoms with Crippen molar-refractivity contribution in [3.63, 3.8) is 0 Å². The number of hydrogen-bond acceptors (Lipinski definition) is 4. The quantitative estimate of drug-likeness (QED) is 0.637. The fraction of sp³-hybridized carbons (Fsp3) is 0.520. The van der Waals surface area contributed by atoms with Crippen LogP contribution in [0.25, 0.3) is 0 Å². The second-order valence-electron chi connectivity index (χ2n) is 9.47. The first-order chi connectivity index (χ1) is 14.4. The molecule has 1 saturated carbocycles. The van der Waals surface area contributed by atoms with Crippen LogP contribution in [0.3, 0.4) is 0 Å². The van der Waals surface area contributed by atoms with Gasteiger partial charge in [0.15, 0.2) is 0 Å². The van der Waals surface area contributed by atoms with Crippen LogP contribution in [0.4, 0.5) is 10.6 Å². The molecule has 1 aliphatic heterocycles. The van der Waals surface area contributed by atoms with Crippen LogP contribution in [0.2, 0.25) is 0 Å². The Balaban J connectivity index is 1.64. The normalized spacial score (nSPS) is 20.0. The van der Waals surface area contributed by atoms with Gasteiger partial charge >= 0.3 is 6.09 Å². The van der Waals surface area contributed by atoms with E-state index in [2.05, 4.69) is 41.3 Å². The van der Waals surface area contributed by atoms with Crippen molar-refractivity contribution < 1.29 is 9.53 Å². The number of rotatable bonds is 5. The van der Waals surface area contributed by atoms with Gasteiger partial charge in [0.1, 0.15) is 11.4 Å². The van der Waals surface area contributed by atoms with Gasteiger partial charge in [0.05, 0.1) is 0 Å². The molecule has 1 aromatic heterocycles. The van der Waals surface area contributed by atoms with E-state index < -0.39 is 5.60 Å². The van der Waals surface area contributed by atoms with Crippen molar-refractivity contribution in [2.75, 3.05) is 11.4 Å². The summed E-state index contributed by atoms with van der Waals surface area (Å²) in [5.74, 6) is 0.777. The first-order valence-electron chi connectivity index (χ1n) is 11.2. The van der Waals surface area contributed by atoms with Crippen molar-refractivity contribution in [3.05, 3.63) is 59.8 Å². The van der Waals surface area contributed by atoms with Crippen LogP contribution < -0.4 is 4.90 Å². The average molecular weight is 408 g/mol. The Kier molecular flexibility index (Phi) is 6.09. The summed E-state index contributed by atoms with van der Waals surface area (Å²) in [5.41, 5.74) is 1.94. The van der Waals surface area contributed by atoms with Crippen LogP contribution in [-0.4, -0.2) is 34.2 Å². The number of pyridine rings is 1. The number of nitrogens with zero attached hydrogens (tertiary/aromatic N) is 3. The zero-order chi connectivity index (χ0) is 21.1. The average Bonchev–Trinajstić information content (AvgIpc) is 3.54. The molecule has 1 atom stereocenters. The number of piperidine rings is 1. The molecule has 2 aliphatic rings. The van der Waals surface area contributed by atoms with E-state index in [9.17, 15) is 4.79 Å². The van der Waals surface area contributed by atoms with E-state index in [0.29, 0.717) is 0 Å². The van der Waals surface area contributed by atoms with Gasteiger partial charge in [0.25, 0.3) is 0 Å². The van der Waals surface area contributed by atoms with Crippen LogP contribution in [0.1, 0.15) is 70.0 Å². The zero-order valence-corrected chi connectivity index (χ0v) is 18.4. The summed E-state index contributed by atoms with van der Waals surface area (Å²) in [6, 6.07) is 15.2. The first-order valence-corrected chi connectivity index (χ1v) is 11.2. The van der Waals surface area contributed by atoms with E-state index in [1.54, 1.807) is 6.20 Å². The van der Waals surface area contributed by atoms with E-state index in [1.165, 1.54) is 18.4 Å². The van der Waals surface area contributed by atoms with Gasteiger partial charge < -0.3 is 4.74 Å². The minimum Gasteiger partial charge on any atom is -0.443 e. The third-order valence-corrected chi connectivity index (χ3v) is 5.75. The second-order valence-corrected chi connectivity index (χ2v) is 9.47. The molecule has 1 aliphatic carbocycles. The highest BCUT2D eigenvalue weighted by Crippen LogP contribution is 2.40. The Hall–Kier alpha value is -2.40. The molecule has 30 heavy (non-hydrogen) atoms. The van der Waals surface area contributed by atoms with E-state index in [4.69, 9.17) is 9.72 Å². The van der Waals surface area contributed by atoms with Crippen molar-refractivity contribution in [3.8, 4) is 0 Å². The minimum absolute atomic E-state index is 0.194. The summed E-state index contributed by atoms with van der Waals surface area (Å²) < 4.78 is 5.75. The molecule has 2 aromatic rings. The van der Waals surface area contributed by atoms with Gasteiger partial charge in [-0.05, 0) is 64.6 Å². The molecule has 0 bridgehead atoms. The Morgan fingerprint density at radius 1 is 1.10 bits per heavy atom. The first kappa shape index (κ1) is 20.9. The molecule has 0 radical (unpaired) electrons. The second kappa shape index (κ2) is 8.76. The lowest BCUT2D eigenvalue weighted by Gasteiger charge is -2.38. The number of carbonyl (C=O) groups excluding carboxylic acids is 1. The fourth-order valence-corrected chi connectivity index (χ4v) is 4.27. The topological polar surface area (TPSA) is 45.7 Å². The van der Waals surface area contributed by atoms with Crippen LogP contribution in [0.15, 0.2) is 48.7 Å². The lowest BCUT2D eigenvalue weighted by atomic mass is 9.94. The maximum absolute atomic E-state index is 13.1. The van der Waals surface area contributed by atoms with Crippen molar-refractivity contribution in [2.45, 2.75) is 77.1 Å². The fourth-order valence-electron chi connectivity index (χ4n) is 4.27. The summed E-state index contributed by atoms with van der Waals surface area (Å²) in [5, 5.41) is 0. The van der Waals surface area contributed by atoms with E-state index in [1.807, 2.05) is 31.7 Å². The van der Waals surface area contributed by atoms with Gasteiger partial charge in [-0.1, -0.05) is 42.8 Å². The third kappa shape index (κ3) is 5.01. The van der Waals surface area contributed by atoms with E-state index in [-0.39, 0.29) is 18.2 Å². The van der Waals surface area contributed by atoms with Crippen LogP contribution in [-0.2, 0) is 11.3 Å². The Morgan fingerprint density at radius 3 is 2.57 bits per heavy atom. The maximum atomic E-state index is 13.1. The third-order valence-electron chi connectivity index (χ3n) is 5.75. The van der Waals surface area contributed by atoms with Gasteiger partial charge in [0, 0.05) is 30.4 Å². The summed E-state index contributed by atoms with van der Waals surface area (Å²) in [6.45, 7) is 7.72. The maximum Gasteiger partial charge on any atom is 0.416 e. The molecule has 1 amide bonds. The highest BCUT2D eigenvalue weighted by atomic mass is 16.6. The number of anilines is 1. The lowest BCUT2D eigenvalue weighted by Crippen LogP contribution is -2.40. The molecule has 2 fully saturated rings. The zero-order valence-electron chi connectivity index (χ0n) is 18.4. The van der Waals surface area contributed by atoms with Gasteiger partial charge in [-0.3, -0.25) is 9.80 Å². The molecule has 0 N–H and O–H groups in total. The van der Waals surface area contributed by atoms with E-state index in [0.717, 1.165) is 43.7 Å². The molecule has 160 valence electrons. The lowest BCUT2D eigenvalue weighted by molar-refractivity contribution is 0.0575. The minimum atomic E-state index is -0.524. The highest BCUT2D eigenvalue weighted by molar-refractivity contribution is 5.89. The Labute approximate surface area is 180 Å². The summed E-state index contributed by atoms with van der Waals surface area (Å²) in [7, 11) is 0. The number of hydrogen-bond donors (Lipinski definition) is 0. The molecule has 0 spiro atoms. The van der Waals surface area contributed by atoms with Crippen molar-refractivity contribution in [1.29, 1.82) is 0 Å². The van der Waals surface area contributed by atoms with Crippen LogP contribution >= 0.6 is 0 Å². The SMILES string of the molecule is CC(C)(C)OC(=O)N(c1ncccc1C1CCCCN1Cc1ccccc1)C1CC1. The van der Waals surface area contributed by atoms with Crippen molar-refractivity contribution in [2.24, 2.45) is 0 Å². The monoisotopic (exact) mass is 407 g/mol. The molecule has 1 aromatic carbocycles. The number of benzene rings is 1.